The van der Waals surface area contributed by atoms with Crippen LogP contribution < -0.4 is 0 Å². The van der Waals surface area contributed by atoms with Gasteiger partial charge in [0.1, 0.15) is 6.10 Å². The van der Waals surface area contributed by atoms with E-state index in [4.69, 9.17) is 14.2 Å². The molecule has 1 fully saturated rings. The largest absolute Gasteiger partial charge is 0.460 e. The van der Waals surface area contributed by atoms with Crippen LogP contribution in [-0.2, 0) is 19.0 Å². The zero-order chi connectivity index (χ0) is 13.3. The molecule has 2 rings (SSSR count). The summed E-state index contributed by atoms with van der Waals surface area (Å²) >= 11 is 0. The number of rotatable bonds is 2. The Morgan fingerprint density at radius 2 is 2.28 bits per heavy atom. The lowest BCUT2D eigenvalue weighted by molar-refractivity contribution is -0.154. The number of carbonyl (C=O) groups is 1. The van der Waals surface area contributed by atoms with Gasteiger partial charge in [0.05, 0.1) is 6.61 Å². The molecule has 0 amide bonds. The van der Waals surface area contributed by atoms with E-state index in [1.54, 1.807) is 6.92 Å². The molecular weight excluding hydrogens is 234 g/mol. The van der Waals surface area contributed by atoms with E-state index in [-0.39, 0.29) is 24.0 Å². The van der Waals surface area contributed by atoms with Gasteiger partial charge < -0.3 is 14.2 Å². The molecule has 102 valence electrons. The Hall–Kier alpha value is -1.10. The average Bonchev–Trinajstić information content (AvgIpc) is 2.62. The third-order valence-electron chi connectivity index (χ3n) is 3.80. The zero-order valence-corrected chi connectivity index (χ0v) is 11.4. The fraction of sp³-hybridized carbons (Fsp3) is 0.846. The van der Waals surface area contributed by atoms with Crippen molar-refractivity contribution in [1.82, 2.24) is 0 Å². The SMILES string of the molecule is CCC1CO[C@H]2OC(C)=NC2C(OC(C)=O)[C@H]1C. The van der Waals surface area contributed by atoms with E-state index >= 15 is 0 Å². The van der Waals surface area contributed by atoms with Gasteiger partial charge in [-0.3, -0.25) is 4.79 Å². The molecule has 2 aliphatic heterocycles. The van der Waals surface area contributed by atoms with Gasteiger partial charge in [-0.1, -0.05) is 20.3 Å². The standard InChI is InChI=1S/C13H21NO4/c1-5-10-6-16-13-11(14-8(3)17-13)12(7(10)2)18-9(4)15/h7,10-13H,5-6H2,1-4H3/t7-,10?,11?,12?,13-/m0/s1. The van der Waals surface area contributed by atoms with Crippen LogP contribution >= 0.6 is 0 Å². The Bertz CT molecular complexity index is 355. The minimum atomic E-state index is -0.409. The third kappa shape index (κ3) is 2.51. The van der Waals surface area contributed by atoms with Crippen molar-refractivity contribution in [3.8, 4) is 0 Å². The third-order valence-corrected chi connectivity index (χ3v) is 3.80. The van der Waals surface area contributed by atoms with E-state index in [2.05, 4.69) is 18.8 Å². The number of hydrogen-bond acceptors (Lipinski definition) is 5. The first-order valence-electron chi connectivity index (χ1n) is 6.52. The van der Waals surface area contributed by atoms with Crippen LogP contribution in [0.1, 0.15) is 34.1 Å². The molecule has 5 heteroatoms. The van der Waals surface area contributed by atoms with Crippen LogP contribution in [0.2, 0.25) is 0 Å². The first-order chi connectivity index (χ1) is 8.52. The van der Waals surface area contributed by atoms with E-state index in [1.165, 1.54) is 6.92 Å². The van der Waals surface area contributed by atoms with Crippen molar-refractivity contribution in [2.45, 2.75) is 52.6 Å². The number of aliphatic imine (C=N–C) groups is 1. The van der Waals surface area contributed by atoms with Gasteiger partial charge in [-0.15, -0.1) is 0 Å². The molecule has 2 aliphatic rings. The van der Waals surface area contributed by atoms with Crippen LogP contribution in [0.25, 0.3) is 0 Å². The normalized spacial score (nSPS) is 39.3. The van der Waals surface area contributed by atoms with Crippen molar-refractivity contribution in [3.05, 3.63) is 0 Å². The molecule has 1 saturated heterocycles. The van der Waals surface area contributed by atoms with Crippen LogP contribution in [0.3, 0.4) is 0 Å². The number of ether oxygens (including phenoxy) is 3. The molecule has 5 atom stereocenters. The monoisotopic (exact) mass is 255 g/mol. The van der Waals surface area contributed by atoms with E-state index in [0.29, 0.717) is 18.4 Å². The summed E-state index contributed by atoms with van der Waals surface area (Å²) in [6.45, 7) is 8.06. The van der Waals surface area contributed by atoms with Crippen LogP contribution in [0.5, 0.6) is 0 Å². The van der Waals surface area contributed by atoms with Gasteiger partial charge in [-0.2, -0.15) is 0 Å². The molecule has 0 N–H and O–H groups in total. The second kappa shape index (κ2) is 5.26. The summed E-state index contributed by atoms with van der Waals surface area (Å²) < 4.78 is 16.8. The van der Waals surface area contributed by atoms with Crippen LogP contribution in [0.15, 0.2) is 4.99 Å². The topological polar surface area (TPSA) is 57.1 Å². The lowest BCUT2D eigenvalue weighted by Crippen LogP contribution is -2.40. The summed E-state index contributed by atoms with van der Waals surface area (Å²) in [6, 6.07) is -0.236. The molecular formula is C13H21NO4. The summed E-state index contributed by atoms with van der Waals surface area (Å²) in [5.41, 5.74) is 0. The highest BCUT2D eigenvalue weighted by Gasteiger charge is 2.46. The van der Waals surface area contributed by atoms with Crippen molar-refractivity contribution in [1.29, 1.82) is 0 Å². The Labute approximate surface area is 108 Å². The second-order valence-electron chi connectivity index (χ2n) is 5.06. The van der Waals surface area contributed by atoms with Gasteiger partial charge in [0.2, 0.25) is 6.29 Å². The first kappa shape index (κ1) is 13.3. The summed E-state index contributed by atoms with van der Waals surface area (Å²) in [5, 5.41) is 0. The fourth-order valence-electron chi connectivity index (χ4n) is 2.71. The number of nitrogens with zero attached hydrogens (tertiary/aromatic N) is 1. The predicted molar refractivity (Wildman–Crippen MR) is 66.2 cm³/mol. The van der Waals surface area contributed by atoms with Crippen molar-refractivity contribution >= 4 is 11.9 Å². The smallest absolute Gasteiger partial charge is 0.302 e. The highest BCUT2D eigenvalue weighted by molar-refractivity contribution is 5.75. The van der Waals surface area contributed by atoms with Crippen LogP contribution in [-0.4, -0.2) is 36.9 Å². The van der Waals surface area contributed by atoms with Crippen molar-refractivity contribution in [2.75, 3.05) is 6.61 Å². The molecule has 0 aliphatic carbocycles. The number of esters is 1. The van der Waals surface area contributed by atoms with E-state index in [9.17, 15) is 4.79 Å². The van der Waals surface area contributed by atoms with Crippen molar-refractivity contribution in [3.63, 3.8) is 0 Å². The minimum Gasteiger partial charge on any atom is -0.460 e. The van der Waals surface area contributed by atoms with Crippen LogP contribution in [0, 0.1) is 11.8 Å². The molecule has 0 aromatic heterocycles. The molecule has 0 aromatic carbocycles. The van der Waals surface area contributed by atoms with Crippen molar-refractivity contribution < 1.29 is 19.0 Å². The lowest BCUT2D eigenvalue weighted by Gasteiger charge is -2.28. The lowest BCUT2D eigenvalue weighted by atomic mass is 9.85. The summed E-state index contributed by atoms with van der Waals surface area (Å²) in [7, 11) is 0. The highest BCUT2D eigenvalue weighted by Crippen LogP contribution is 2.34. The van der Waals surface area contributed by atoms with E-state index in [0.717, 1.165) is 6.42 Å². The summed E-state index contributed by atoms with van der Waals surface area (Å²) in [4.78, 5) is 15.7. The van der Waals surface area contributed by atoms with Gasteiger partial charge in [0.15, 0.2) is 11.9 Å². The maximum absolute atomic E-state index is 11.3. The van der Waals surface area contributed by atoms with Gasteiger partial charge in [-0.05, 0) is 5.92 Å². The quantitative estimate of drug-likeness (QED) is 0.705. The Morgan fingerprint density at radius 3 is 2.89 bits per heavy atom. The summed E-state index contributed by atoms with van der Waals surface area (Å²) in [5.74, 6) is 0.901. The van der Waals surface area contributed by atoms with Gasteiger partial charge in [0.25, 0.3) is 0 Å². The number of fused-ring (bicyclic) bond motifs is 1. The average molecular weight is 255 g/mol. The Morgan fingerprint density at radius 1 is 1.56 bits per heavy atom. The highest BCUT2D eigenvalue weighted by atomic mass is 16.7. The van der Waals surface area contributed by atoms with Crippen LogP contribution in [0.4, 0.5) is 0 Å². The molecule has 3 unspecified atom stereocenters. The van der Waals surface area contributed by atoms with Gasteiger partial charge >= 0.3 is 5.97 Å². The first-order valence-corrected chi connectivity index (χ1v) is 6.52. The molecule has 0 aromatic rings. The molecule has 5 nitrogen and oxygen atoms in total. The molecule has 18 heavy (non-hydrogen) atoms. The second-order valence-corrected chi connectivity index (χ2v) is 5.06. The van der Waals surface area contributed by atoms with Crippen molar-refractivity contribution in [2.24, 2.45) is 16.8 Å². The number of hydrogen-bond donors (Lipinski definition) is 0. The number of carbonyl (C=O) groups excluding carboxylic acids is 1. The van der Waals surface area contributed by atoms with E-state index in [1.807, 2.05) is 0 Å². The zero-order valence-electron chi connectivity index (χ0n) is 11.4. The minimum absolute atomic E-state index is 0.215. The molecule has 0 bridgehead atoms. The predicted octanol–water partition coefficient (Wildman–Crippen LogP) is 1.75. The molecule has 2 heterocycles. The van der Waals surface area contributed by atoms with Gasteiger partial charge in [0, 0.05) is 19.8 Å². The Balaban J connectivity index is 2.23. The molecule has 0 radical (unpaired) electrons. The Kier molecular flexibility index (Phi) is 3.90. The van der Waals surface area contributed by atoms with Gasteiger partial charge in [-0.25, -0.2) is 4.99 Å². The molecule has 0 saturated carbocycles. The summed E-state index contributed by atoms with van der Waals surface area (Å²) in [6.07, 6.45) is 0.312. The fourth-order valence-corrected chi connectivity index (χ4v) is 2.71. The maximum atomic E-state index is 11.3. The van der Waals surface area contributed by atoms with E-state index < -0.39 is 6.29 Å². The molecule has 0 spiro atoms. The maximum Gasteiger partial charge on any atom is 0.302 e.